The third kappa shape index (κ3) is 1.60. The average Bonchev–Trinajstić information content (AvgIpc) is 2.15. The Morgan fingerprint density at radius 1 is 1.70 bits per heavy atom. The van der Waals surface area contributed by atoms with E-state index >= 15 is 0 Å². The molecule has 0 atom stereocenters. The normalized spacial score (nSPS) is 17.7. The fourth-order valence-corrected chi connectivity index (χ4v) is 0.890. The van der Waals surface area contributed by atoms with Crippen LogP contribution in [0.1, 0.15) is 12.8 Å². The van der Waals surface area contributed by atoms with Crippen LogP contribution in [-0.4, -0.2) is 22.9 Å². The van der Waals surface area contributed by atoms with E-state index in [4.69, 9.17) is 11.6 Å². The molecule has 10 heavy (non-hydrogen) atoms. The Labute approximate surface area is 62.6 Å². The zero-order valence-corrected chi connectivity index (χ0v) is 5.93. The predicted octanol–water partition coefficient (Wildman–Crippen LogP) is 0.899. The van der Waals surface area contributed by atoms with Gasteiger partial charge in [0.15, 0.2) is 0 Å². The Morgan fingerprint density at radius 2 is 2.40 bits per heavy atom. The van der Waals surface area contributed by atoms with Crippen LogP contribution in [0.15, 0.2) is 0 Å². The first-order valence-corrected chi connectivity index (χ1v) is 3.26. The van der Waals surface area contributed by atoms with Gasteiger partial charge in [-0.1, -0.05) is 0 Å². The van der Waals surface area contributed by atoms with Gasteiger partial charge >= 0.3 is 5.43 Å². The molecule has 56 valence electrons. The molecular weight excluding hydrogens is 158 g/mol. The zero-order valence-electron chi connectivity index (χ0n) is 5.17. The molecular formula is C5H6ClNO3. The standard InChI is InChI=1S/C5H6ClNO3/c6-5(9)10-7-3-1-2-4(7)8/h1-3H2. The quantitative estimate of drug-likeness (QED) is 0.540. The summed E-state index contributed by atoms with van der Waals surface area (Å²) in [7, 11) is 0. The van der Waals surface area contributed by atoms with Crippen LogP contribution in [0.5, 0.6) is 0 Å². The van der Waals surface area contributed by atoms with Crippen molar-refractivity contribution in [2.45, 2.75) is 12.8 Å². The van der Waals surface area contributed by atoms with Crippen molar-refractivity contribution >= 4 is 22.9 Å². The van der Waals surface area contributed by atoms with Gasteiger partial charge in [0.25, 0.3) is 5.91 Å². The molecule has 1 rings (SSSR count). The van der Waals surface area contributed by atoms with E-state index in [2.05, 4.69) is 4.84 Å². The summed E-state index contributed by atoms with van der Waals surface area (Å²) < 4.78 is 0. The van der Waals surface area contributed by atoms with Crippen molar-refractivity contribution < 1.29 is 14.4 Å². The van der Waals surface area contributed by atoms with Gasteiger partial charge in [-0.15, -0.1) is 0 Å². The highest BCUT2D eigenvalue weighted by atomic mass is 35.5. The highest BCUT2D eigenvalue weighted by Gasteiger charge is 2.23. The van der Waals surface area contributed by atoms with Gasteiger partial charge in [-0.25, -0.2) is 4.79 Å². The lowest BCUT2D eigenvalue weighted by atomic mass is 10.4. The molecule has 1 amide bonds. The molecule has 0 spiro atoms. The van der Waals surface area contributed by atoms with Gasteiger partial charge in [-0.2, -0.15) is 5.06 Å². The summed E-state index contributed by atoms with van der Waals surface area (Å²) in [6.45, 7) is 0.456. The van der Waals surface area contributed by atoms with Gasteiger partial charge in [0.1, 0.15) is 0 Å². The molecule has 0 N–H and O–H groups in total. The summed E-state index contributed by atoms with van der Waals surface area (Å²) in [6, 6.07) is 0. The highest BCUT2D eigenvalue weighted by Crippen LogP contribution is 2.10. The molecule has 5 heteroatoms. The summed E-state index contributed by atoms with van der Waals surface area (Å²) in [4.78, 5) is 25.1. The summed E-state index contributed by atoms with van der Waals surface area (Å²) in [5.41, 5.74) is -0.963. The third-order valence-corrected chi connectivity index (χ3v) is 1.28. The summed E-state index contributed by atoms with van der Waals surface area (Å²) in [5, 5.41) is 0.981. The van der Waals surface area contributed by atoms with Crippen molar-refractivity contribution in [3.05, 3.63) is 0 Å². The van der Waals surface area contributed by atoms with E-state index in [1.54, 1.807) is 0 Å². The minimum absolute atomic E-state index is 0.186. The number of rotatable bonds is 1. The molecule has 0 aromatic rings. The number of hydrogen-bond donors (Lipinski definition) is 0. The SMILES string of the molecule is O=C(Cl)ON1CCCC1=O. The van der Waals surface area contributed by atoms with Crippen molar-refractivity contribution in [3.63, 3.8) is 0 Å². The number of carbonyl (C=O) groups excluding carboxylic acids is 2. The van der Waals surface area contributed by atoms with Crippen molar-refractivity contribution in [1.29, 1.82) is 0 Å². The molecule has 0 aromatic carbocycles. The van der Waals surface area contributed by atoms with Crippen LogP contribution in [0, 0.1) is 0 Å². The summed E-state index contributed by atoms with van der Waals surface area (Å²) >= 11 is 4.87. The molecule has 1 aliphatic rings. The molecule has 0 bridgehead atoms. The van der Waals surface area contributed by atoms with Crippen LogP contribution in [0.4, 0.5) is 4.79 Å². The molecule has 0 aromatic heterocycles. The first-order valence-electron chi connectivity index (χ1n) is 2.88. The Balaban J connectivity index is 2.40. The molecule has 1 fully saturated rings. The van der Waals surface area contributed by atoms with Crippen molar-refractivity contribution in [2.24, 2.45) is 0 Å². The van der Waals surface area contributed by atoms with Gasteiger partial charge in [-0.05, 0) is 6.42 Å². The van der Waals surface area contributed by atoms with E-state index < -0.39 is 5.43 Å². The lowest BCUT2D eigenvalue weighted by Crippen LogP contribution is -2.25. The number of amides is 1. The number of carbonyl (C=O) groups is 2. The summed E-state index contributed by atoms with van der Waals surface area (Å²) in [6.07, 6.45) is 1.16. The molecule has 1 heterocycles. The van der Waals surface area contributed by atoms with Crippen LogP contribution >= 0.6 is 11.6 Å². The largest absolute Gasteiger partial charge is 0.428 e. The molecule has 1 aliphatic heterocycles. The van der Waals surface area contributed by atoms with Crippen LogP contribution in [0.2, 0.25) is 0 Å². The van der Waals surface area contributed by atoms with Crippen LogP contribution in [-0.2, 0) is 9.63 Å². The number of hydroxylamine groups is 2. The van der Waals surface area contributed by atoms with Gasteiger partial charge < -0.3 is 4.84 Å². The van der Waals surface area contributed by atoms with Crippen LogP contribution in [0.3, 0.4) is 0 Å². The second-order valence-electron chi connectivity index (χ2n) is 1.93. The number of nitrogens with zero attached hydrogens (tertiary/aromatic N) is 1. The number of hydrogen-bond acceptors (Lipinski definition) is 3. The molecule has 0 saturated carbocycles. The van der Waals surface area contributed by atoms with E-state index in [-0.39, 0.29) is 5.91 Å². The van der Waals surface area contributed by atoms with Crippen LogP contribution in [0.25, 0.3) is 0 Å². The second kappa shape index (κ2) is 2.88. The second-order valence-corrected chi connectivity index (χ2v) is 2.24. The Kier molecular flexibility index (Phi) is 2.11. The number of halogens is 1. The molecule has 0 radical (unpaired) electrons. The van der Waals surface area contributed by atoms with E-state index in [0.717, 1.165) is 11.5 Å². The van der Waals surface area contributed by atoms with E-state index in [0.29, 0.717) is 13.0 Å². The first kappa shape index (κ1) is 7.34. The van der Waals surface area contributed by atoms with Gasteiger partial charge in [0.2, 0.25) is 0 Å². The monoisotopic (exact) mass is 163 g/mol. The third-order valence-electron chi connectivity index (χ3n) is 1.21. The van der Waals surface area contributed by atoms with Crippen molar-refractivity contribution in [2.75, 3.05) is 6.54 Å². The Morgan fingerprint density at radius 3 is 2.80 bits per heavy atom. The first-order chi connectivity index (χ1) is 4.70. The minimum atomic E-state index is -0.963. The maximum Gasteiger partial charge on any atom is 0.428 e. The molecule has 4 nitrogen and oxygen atoms in total. The Hall–Kier alpha value is -0.770. The average molecular weight is 164 g/mol. The van der Waals surface area contributed by atoms with E-state index in [1.165, 1.54) is 0 Å². The fourth-order valence-electron chi connectivity index (χ4n) is 0.806. The minimum Gasteiger partial charge on any atom is -0.323 e. The van der Waals surface area contributed by atoms with Crippen LogP contribution < -0.4 is 0 Å². The summed E-state index contributed by atoms with van der Waals surface area (Å²) in [5.74, 6) is -0.186. The molecule has 1 saturated heterocycles. The van der Waals surface area contributed by atoms with E-state index in [1.807, 2.05) is 0 Å². The lowest BCUT2D eigenvalue weighted by molar-refractivity contribution is -0.155. The zero-order chi connectivity index (χ0) is 7.56. The van der Waals surface area contributed by atoms with Gasteiger partial charge in [0.05, 0.1) is 6.54 Å². The predicted molar refractivity (Wildman–Crippen MR) is 33.3 cm³/mol. The molecule has 0 aliphatic carbocycles. The van der Waals surface area contributed by atoms with E-state index in [9.17, 15) is 9.59 Å². The van der Waals surface area contributed by atoms with Gasteiger partial charge in [-0.3, -0.25) is 4.79 Å². The maximum atomic E-state index is 10.7. The van der Waals surface area contributed by atoms with Crippen molar-refractivity contribution in [1.82, 2.24) is 5.06 Å². The fraction of sp³-hybridized carbons (Fsp3) is 0.600. The topological polar surface area (TPSA) is 46.6 Å². The van der Waals surface area contributed by atoms with Gasteiger partial charge in [0, 0.05) is 18.0 Å². The van der Waals surface area contributed by atoms with Crippen molar-refractivity contribution in [3.8, 4) is 0 Å². The Bertz CT molecular complexity index is 170. The smallest absolute Gasteiger partial charge is 0.323 e. The highest BCUT2D eigenvalue weighted by molar-refractivity contribution is 6.61. The molecule has 0 unspecified atom stereocenters. The maximum absolute atomic E-state index is 10.7. The lowest BCUT2D eigenvalue weighted by Gasteiger charge is -2.10.